The van der Waals surface area contributed by atoms with Gasteiger partial charge in [-0.15, -0.1) is 11.3 Å². The largest absolute Gasteiger partial charge is 0.270 e. The molecule has 0 aliphatic heterocycles. The zero-order valence-electron chi connectivity index (χ0n) is 11.0. The van der Waals surface area contributed by atoms with E-state index in [1.165, 1.54) is 12.1 Å². The lowest BCUT2D eigenvalue weighted by Crippen LogP contribution is -1.94. The van der Waals surface area contributed by atoms with Crippen LogP contribution in [0.2, 0.25) is 5.15 Å². The first-order chi connectivity index (χ1) is 10.1. The predicted octanol–water partition coefficient (Wildman–Crippen LogP) is 4.48. The number of aryl methyl sites for hydroxylation is 1. The Hall–Kier alpha value is -2.05. The summed E-state index contributed by atoms with van der Waals surface area (Å²) in [7, 11) is 0. The van der Waals surface area contributed by atoms with Crippen LogP contribution in [0.4, 0.5) is 5.69 Å². The van der Waals surface area contributed by atoms with Crippen molar-refractivity contribution in [3.63, 3.8) is 0 Å². The van der Waals surface area contributed by atoms with E-state index in [0.717, 1.165) is 16.9 Å². The second kappa shape index (κ2) is 5.38. The average Bonchev–Trinajstić information content (AvgIpc) is 2.95. The van der Waals surface area contributed by atoms with Gasteiger partial charge in [0.15, 0.2) is 5.82 Å². The van der Waals surface area contributed by atoms with Gasteiger partial charge < -0.3 is 0 Å². The van der Waals surface area contributed by atoms with E-state index in [2.05, 4.69) is 16.9 Å². The van der Waals surface area contributed by atoms with Gasteiger partial charge in [0.05, 0.1) is 15.3 Å². The number of benzene rings is 1. The van der Waals surface area contributed by atoms with Gasteiger partial charge in [-0.1, -0.05) is 18.5 Å². The molecule has 0 saturated carbocycles. The maximum Gasteiger partial charge on any atom is 0.270 e. The summed E-state index contributed by atoms with van der Waals surface area (Å²) in [4.78, 5) is 20.1. The topological polar surface area (TPSA) is 68.9 Å². The van der Waals surface area contributed by atoms with Crippen molar-refractivity contribution < 1.29 is 4.92 Å². The molecular formula is C14H10ClN3O2S. The number of aromatic nitrogens is 2. The number of hydrogen-bond donors (Lipinski definition) is 0. The second-order valence-electron chi connectivity index (χ2n) is 4.43. The summed E-state index contributed by atoms with van der Waals surface area (Å²) in [5.41, 5.74) is 1.74. The Kier molecular flexibility index (Phi) is 3.57. The molecule has 2 aromatic heterocycles. The van der Waals surface area contributed by atoms with Gasteiger partial charge in [-0.3, -0.25) is 10.1 Å². The molecule has 106 valence electrons. The molecule has 0 fully saturated rings. The van der Waals surface area contributed by atoms with Gasteiger partial charge in [0.1, 0.15) is 5.15 Å². The summed E-state index contributed by atoms with van der Waals surface area (Å²) >= 11 is 7.74. The Bertz CT molecular complexity index is 847. The molecule has 3 rings (SSSR count). The minimum absolute atomic E-state index is 0.0221. The van der Waals surface area contributed by atoms with Crippen molar-refractivity contribution in [1.29, 1.82) is 0 Å². The van der Waals surface area contributed by atoms with Crippen molar-refractivity contribution in [1.82, 2.24) is 9.97 Å². The SMILES string of the molecule is CCc1ccsc1-c1nc(Cl)c2cc([N+](=O)[O-])ccc2n1. The summed E-state index contributed by atoms with van der Waals surface area (Å²) in [6.45, 7) is 2.07. The quantitative estimate of drug-likeness (QED) is 0.405. The molecule has 7 heteroatoms. The van der Waals surface area contributed by atoms with Gasteiger partial charge in [-0.05, 0) is 29.5 Å². The molecule has 0 unspecified atom stereocenters. The van der Waals surface area contributed by atoms with Crippen LogP contribution in [0, 0.1) is 10.1 Å². The first-order valence-electron chi connectivity index (χ1n) is 6.28. The van der Waals surface area contributed by atoms with Crippen LogP contribution in [0.15, 0.2) is 29.6 Å². The third kappa shape index (κ3) is 2.48. The minimum Gasteiger partial charge on any atom is -0.258 e. The molecule has 0 bridgehead atoms. The molecule has 0 spiro atoms. The van der Waals surface area contributed by atoms with Gasteiger partial charge in [0, 0.05) is 17.5 Å². The van der Waals surface area contributed by atoms with E-state index >= 15 is 0 Å². The highest BCUT2D eigenvalue weighted by atomic mass is 35.5. The van der Waals surface area contributed by atoms with Crippen LogP contribution in [0.5, 0.6) is 0 Å². The van der Waals surface area contributed by atoms with Crippen molar-refractivity contribution in [3.8, 4) is 10.7 Å². The zero-order valence-corrected chi connectivity index (χ0v) is 12.6. The maximum atomic E-state index is 10.8. The number of nitro groups is 1. The lowest BCUT2D eigenvalue weighted by molar-refractivity contribution is -0.384. The van der Waals surface area contributed by atoms with Crippen LogP contribution in [0.25, 0.3) is 21.6 Å². The second-order valence-corrected chi connectivity index (χ2v) is 5.70. The van der Waals surface area contributed by atoms with Gasteiger partial charge >= 0.3 is 0 Å². The predicted molar refractivity (Wildman–Crippen MR) is 83.9 cm³/mol. The normalized spacial score (nSPS) is 11.0. The number of nitrogens with zero attached hydrogens (tertiary/aromatic N) is 3. The van der Waals surface area contributed by atoms with Crippen molar-refractivity contribution in [2.24, 2.45) is 0 Å². The first kappa shape index (κ1) is 13.9. The number of hydrogen-bond acceptors (Lipinski definition) is 5. The zero-order chi connectivity index (χ0) is 15.0. The third-order valence-electron chi connectivity index (χ3n) is 3.17. The first-order valence-corrected chi connectivity index (χ1v) is 7.54. The molecule has 3 aromatic rings. The average molecular weight is 320 g/mol. The third-order valence-corrected chi connectivity index (χ3v) is 4.42. The number of non-ortho nitro benzene ring substituents is 1. The van der Waals surface area contributed by atoms with Crippen LogP contribution in [-0.2, 0) is 6.42 Å². The molecule has 5 nitrogen and oxygen atoms in total. The van der Waals surface area contributed by atoms with Crippen LogP contribution in [-0.4, -0.2) is 14.9 Å². The van der Waals surface area contributed by atoms with Crippen molar-refractivity contribution in [2.45, 2.75) is 13.3 Å². The molecule has 0 radical (unpaired) electrons. The molecule has 0 atom stereocenters. The Balaban J connectivity index is 2.20. The summed E-state index contributed by atoms with van der Waals surface area (Å²) in [6, 6.07) is 6.46. The van der Waals surface area contributed by atoms with Crippen LogP contribution >= 0.6 is 22.9 Å². The molecule has 0 aliphatic rings. The molecule has 0 aliphatic carbocycles. The molecule has 0 N–H and O–H groups in total. The maximum absolute atomic E-state index is 10.8. The lowest BCUT2D eigenvalue weighted by atomic mass is 10.2. The van der Waals surface area contributed by atoms with Crippen molar-refractivity contribution in [3.05, 3.63) is 50.5 Å². The van der Waals surface area contributed by atoms with E-state index in [0.29, 0.717) is 16.7 Å². The minimum atomic E-state index is -0.460. The highest BCUT2D eigenvalue weighted by Crippen LogP contribution is 2.32. The molecule has 0 amide bonds. The summed E-state index contributed by atoms with van der Waals surface area (Å²) < 4.78 is 0. The Morgan fingerprint density at radius 1 is 1.33 bits per heavy atom. The Labute approximate surface area is 129 Å². The highest BCUT2D eigenvalue weighted by molar-refractivity contribution is 7.13. The molecule has 2 heterocycles. The summed E-state index contributed by atoms with van der Waals surface area (Å²) in [6.07, 6.45) is 0.887. The molecule has 21 heavy (non-hydrogen) atoms. The fourth-order valence-corrected chi connectivity index (χ4v) is 3.26. The van der Waals surface area contributed by atoms with E-state index in [9.17, 15) is 10.1 Å². The van der Waals surface area contributed by atoms with Gasteiger partial charge in [0.2, 0.25) is 0 Å². The van der Waals surface area contributed by atoms with Gasteiger partial charge in [-0.25, -0.2) is 9.97 Å². The van der Waals surface area contributed by atoms with E-state index in [1.807, 2.05) is 11.4 Å². The van der Waals surface area contributed by atoms with E-state index in [1.54, 1.807) is 17.4 Å². The Morgan fingerprint density at radius 3 is 2.86 bits per heavy atom. The fraction of sp³-hybridized carbons (Fsp3) is 0.143. The van der Waals surface area contributed by atoms with Crippen LogP contribution < -0.4 is 0 Å². The standard InChI is InChI=1S/C14H10ClN3O2S/c1-2-8-5-6-21-12(8)14-16-11-4-3-9(18(19)20)7-10(11)13(15)17-14/h3-7H,2H2,1H3. The van der Waals surface area contributed by atoms with E-state index in [4.69, 9.17) is 11.6 Å². The fourth-order valence-electron chi connectivity index (χ4n) is 2.10. The number of thiophene rings is 1. The Morgan fingerprint density at radius 2 is 2.14 bits per heavy atom. The van der Waals surface area contributed by atoms with E-state index in [-0.39, 0.29) is 10.8 Å². The molecule has 1 aromatic carbocycles. The number of rotatable bonds is 3. The lowest BCUT2D eigenvalue weighted by Gasteiger charge is -2.04. The smallest absolute Gasteiger partial charge is 0.258 e. The molecular weight excluding hydrogens is 310 g/mol. The van der Waals surface area contributed by atoms with Crippen LogP contribution in [0.3, 0.4) is 0 Å². The number of halogens is 1. The number of fused-ring (bicyclic) bond motifs is 1. The van der Waals surface area contributed by atoms with E-state index < -0.39 is 4.92 Å². The van der Waals surface area contributed by atoms with Crippen molar-refractivity contribution in [2.75, 3.05) is 0 Å². The van der Waals surface area contributed by atoms with Crippen molar-refractivity contribution >= 4 is 39.5 Å². The monoisotopic (exact) mass is 319 g/mol. The summed E-state index contributed by atoms with van der Waals surface area (Å²) in [5, 5.41) is 13.5. The highest BCUT2D eigenvalue weighted by Gasteiger charge is 2.14. The van der Waals surface area contributed by atoms with Crippen LogP contribution in [0.1, 0.15) is 12.5 Å². The van der Waals surface area contributed by atoms with Gasteiger partial charge in [0.25, 0.3) is 5.69 Å². The van der Waals surface area contributed by atoms with Gasteiger partial charge in [-0.2, -0.15) is 0 Å². The molecule has 0 saturated heterocycles. The summed E-state index contributed by atoms with van der Waals surface area (Å²) in [5.74, 6) is 0.563. The number of nitro benzene ring substituents is 1.